The zero-order valence-electron chi connectivity index (χ0n) is 24.8. The van der Waals surface area contributed by atoms with Crippen LogP contribution in [0.3, 0.4) is 0 Å². The van der Waals surface area contributed by atoms with Gasteiger partial charge in [0.05, 0.1) is 0 Å². The van der Waals surface area contributed by atoms with Gasteiger partial charge in [-0.2, -0.15) is 35.9 Å². The molecule has 1 heterocycles. The maximum atomic E-state index is 4.94. The summed E-state index contributed by atoms with van der Waals surface area (Å²) in [6, 6.07) is 25.3. The molecule has 2 aliphatic carbocycles. The molecule has 1 aromatic heterocycles. The number of hydrogen-bond acceptors (Lipinski definition) is 1. The Labute approximate surface area is 269 Å². The third-order valence-electron chi connectivity index (χ3n) is 7.44. The molecule has 1 fully saturated rings. The van der Waals surface area contributed by atoms with Crippen molar-refractivity contribution in [1.82, 2.24) is 0 Å². The van der Waals surface area contributed by atoms with Gasteiger partial charge in [0, 0.05) is 12.5 Å². The molecule has 0 saturated heterocycles. The fourth-order valence-electron chi connectivity index (χ4n) is 5.00. The molecule has 0 unspecified atom stereocenters. The number of benzene rings is 2. The third kappa shape index (κ3) is 9.21. The van der Waals surface area contributed by atoms with Gasteiger partial charge in [-0.15, -0.1) is 23.3 Å². The van der Waals surface area contributed by atoms with E-state index in [0.717, 1.165) is 12.0 Å². The molecular formula is C36H42Cl2OZr-2. The molecule has 0 aliphatic heterocycles. The number of hydrogen-bond donors (Lipinski definition) is 0. The van der Waals surface area contributed by atoms with Gasteiger partial charge in [0.25, 0.3) is 0 Å². The molecule has 3 aromatic carbocycles. The summed E-state index contributed by atoms with van der Waals surface area (Å²) in [5.41, 5.74) is 11.1. The molecule has 1 saturated carbocycles. The topological polar surface area (TPSA) is 13.1 Å². The van der Waals surface area contributed by atoms with Crippen LogP contribution in [0, 0.1) is 6.07 Å². The van der Waals surface area contributed by atoms with Crippen LogP contribution in [0.1, 0.15) is 95.9 Å². The molecule has 2 aliphatic rings. The van der Waals surface area contributed by atoms with Crippen LogP contribution < -0.4 is 24.8 Å². The van der Waals surface area contributed by atoms with Gasteiger partial charge in [0.1, 0.15) is 0 Å². The molecular weight excluding hydrogens is 611 g/mol. The van der Waals surface area contributed by atoms with Crippen LogP contribution in [0.4, 0.5) is 0 Å². The van der Waals surface area contributed by atoms with E-state index in [-0.39, 0.29) is 35.6 Å². The molecule has 0 radical (unpaired) electrons. The normalized spacial score (nSPS) is 13.8. The Morgan fingerprint density at radius 2 is 1.45 bits per heavy atom. The minimum atomic E-state index is 0. The molecule has 0 atom stereocenters. The number of halogens is 2. The second kappa shape index (κ2) is 15.0. The Balaban J connectivity index is 0.000000245. The zero-order chi connectivity index (χ0) is 27.3. The van der Waals surface area contributed by atoms with Crippen LogP contribution in [0.15, 0.2) is 77.6 Å². The van der Waals surface area contributed by atoms with E-state index in [1.54, 1.807) is 40.0 Å². The molecule has 212 valence electrons. The smallest absolute Gasteiger partial charge is 0.0471 e. The molecule has 1 nitrogen and oxygen atoms in total. The fraction of sp³-hybridized carbons (Fsp3) is 0.389. The minimum Gasteiger partial charge on any atom is -0.515 e. The van der Waals surface area contributed by atoms with E-state index in [4.69, 9.17) is 4.42 Å². The van der Waals surface area contributed by atoms with E-state index in [1.165, 1.54) is 71.0 Å². The van der Waals surface area contributed by atoms with E-state index in [1.807, 2.05) is 18.2 Å². The maximum Gasteiger partial charge on any atom is 0.0471 e. The van der Waals surface area contributed by atoms with Crippen molar-refractivity contribution < 1.29 is 53.5 Å². The van der Waals surface area contributed by atoms with E-state index in [0.29, 0.717) is 0 Å². The van der Waals surface area contributed by atoms with Crippen LogP contribution in [0.2, 0.25) is 0 Å². The van der Waals surface area contributed by atoms with Gasteiger partial charge in [-0.1, -0.05) is 82.5 Å². The largest absolute Gasteiger partial charge is 0.515 e. The van der Waals surface area contributed by atoms with Gasteiger partial charge in [-0.3, -0.25) is 0 Å². The Bertz CT molecular complexity index is 1230. The van der Waals surface area contributed by atoms with Crippen molar-refractivity contribution in [3.8, 4) is 22.3 Å². The summed E-state index contributed by atoms with van der Waals surface area (Å²) < 4.78 is 6.74. The van der Waals surface area contributed by atoms with E-state index in [9.17, 15) is 0 Å². The first-order valence-electron chi connectivity index (χ1n) is 14.0. The molecule has 4 heteroatoms. The third-order valence-corrected chi connectivity index (χ3v) is 8.67. The first-order chi connectivity index (χ1) is 18.0. The van der Waals surface area contributed by atoms with Crippen molar-refractivity contribution in [2.45, 2.75) is 90.9 Å². The standard InChI is InChI=1S/C21H25.C9H7O.C6H10.2ClH.Zr/c1-20(2,3)16-7-9-18-14(12-16)11-15-13-17(21(4,5)6)8-10-19(15)18;1-2-4-8(3-1)9-5-6-10-7-9;1-2-4-6-5-3-1;;;/h7-10,12H,11H2,1-6H3;1-7H;1-5H2;2*1H;/q2*-1;;;;+2/p-2. The van der Waals surface area contributed by atoms with E-state index < -0.39 is 0 Å². The van der Waals surface area contributed by atoms with Crippen LogP contribution in [-0.2, 0) is 41.5 Å². The Morgan fingerprint density at radius 3 is 1.98 bits per heavy atom. The van der Waals surface area contributed by atoms with Crippen LogP contribution >= 0.6 is 0 Å². The molecule has 40 heavy (non-hydrogen) atoms. The summed E-state index contributed by atoms with van der Waals surface area (Å²) in [4.78, 5) is 0. The summed E-state index contributed by atoms with van der Waals surface area (Å²) in [5, 5.41) is 0. The summed E-state index contributed by atoms with van der Waals surface area (Å²) in [6.07, 6.45) is 11.8. The van der Waals surface area contributed by atoms with Gasteiger partial charge in [0.15, 0.2) is 0 Å². The molecule has 6 rings (SSSR count). The van der Waals surface area contributed by atoms with Crippen molar-refractivity contribution >= 4 is 3.21 Å². The van der Waals surface area contributed by atoms with Crippen molar-refractivity contribution in [3.05, 3.63) is 102 Å². The summed E-state index contributed by atoms with van der Waals surface area (Å²) in [5.74, 6) is 0. The van der Waals surface area contributed by atoms with Gasteiger partial charge in [-0.05, 0) is 28.4 Å². The van der Waals surface area contributed by atoms with Crippen LogP contribution in [0.25, 0.3) is 22.3 Å². The average molecular weight is 653 g/mol. The van der Waals surface area contributed by atoms with Crippen LogP contribution in [-0.4, -0.2) is 3.21 Å². The molecule has 0 N–H and O–H groups in total. The Kier molecular flexibility index (Phi) is 13.0. The summed E-state index contributed by atoms with van der Waals surface area (Å²) in [7, 11) is 0. The zero-order valence-corrected chi connectivity index (χ0v) is 28.8. The molecule has 0 amide bonds. The van der Waals surface area contributed by atoms with Gasteiger partial charge in [0.2, 0.25) is 0 Å². The first-order valence-corrected chi connectivity index (χ1v) is 15.3. The van der Waals surface area contributed by atoms with Gasteiger partial charge >= 0.3 is 59.5 Å². The second-order valence-electron chi connectivity index (χ2n) is 12.7. The second-order valence-corrected chi connectivity index (χ2v) is 14.4. The predicted octanol–water partition coefficient (Wildman–Crippen LogP) is 4.00. The Hall–Kier alpha value is -1.60. The van der Waals surface area contributed by atoms with E-state index in [2.05, 4.69) is 90.1 Å². The van der Waals surface area contributed by atoms with Crippen molar-refractivity contribution in [1.29, 1.82) is 0 Å². The fourth-order valence-corrected chi connectivity index (χ4v) is 5.87. The van der Waals surface area contributed by atoms with Crippen molar-refractivity contribution in [2.75, 3.05) is 0 Å². The number of rotatable bonds is 1. The monoisotopic (exact) mass is 650 g/mol. The van der Waals surface area contributed by atoms with E-state index >= 15 is 0 Å². The minimum absolute atomic E-state index is 0. The molecule has 0 bridgehead atoms. The summed E-state index contributed by atoms with van der Waals surface area (Å²) >= 11 is 1.69. The summed E-state index contributed by atoms with van der Waals surface area (Å²) in [6.45, 7) is 13.6. The van der Waals surface area contributed by atoms with Crippen molar-refractivity contribution in [3.63, 3.8) is 0 Å². The van der Waals surface area contributed by atoms with Crippen molar-refractivity contribution in [2.24, 2.45) is 0 Å². The predicted molar refractivity (Wildman–Crippen MR) is 159 cm³/mol. The number of furan rings is 1. The molecule has 0 spiro atoms. The van der Waals surface area contributed by atoms with Gasteiger partial charge < -0.3 is 29.2 Å². The maximum absolute atomic E-state index is 4.94. The van der Waals surface area contributed by atoms with Crippen LogP contribution in [0.5, 0.6) is 0 Å². The number of fused-ring (bicyclic) bond motifs is 3. The first kappa shape index (κ1) is 34.6. The average Bonchev–Trinajstić information content (AvgIpc) is 3.64. The SMILES string of the molecule is CC(C)(C)c1[c-]c2c(cc1)-c1ccc(C(C)(C)C)cc1C2.[Cl-].[Cl-].[Zr+2]=[C]1CCCCC1.c1cc[c-](-c2ccoc2)c1. The quantitative estimate of drug-likeness (QED) is 0.250. The molecule has 4 aromatic rings. The Morgan fingerprint density at radius 1 is 0.800 bits per heavy atom. The van der Waals surface area contributed by atoms with Gasteiger partial charge in [-0.25, -0.2) is 0 Å².